The van der Waals surface area contributed by atoms with E-state index in [1.165, 1.54) is 17.3 Å². The molecule has 1 amide bonds. The van der Waals surface area contributed by atoms with Crippen LogP contribution in [0.25, 0.3) is 21.5 Å². The highest BCUT2D eigenvalue weighted by molar-refractivity contribution is 7.25. The second-order valence-electron chi connectivity index (χ2n) is 12.2. The highest BCUT2D eigenvalue weighted by atomic mass is 35.5. The molecule has 9 rings (SSSR count). The average Bonchev–Trinajstić information content (AvgIpc) is 3.58. The predicted octanol–water partition coefficient (Wildman–Crippen LogP) is 7.15. The number of aromatic hydroxyl groups is 1. The Morgan fingerprint density at radius 3 is 2.30 bits per heavy atom. The molecule has 0 aromatic heterocycles. The van der Waals surface area contributed by atoms with E-state index >= 15 is 0 Å². The van der Waals surface area contributed by atoms with Crippen molar-refractivity contribution >= 4 is 77.3 Å². The van der Waals surface area contributed by atoms with Crippen LogP contribution in [-0.2, 0) is 16.0 Å². The number of phenols is 1. The molecule has 5 aliphatic rings. The number of fused-ring (bicyclic) bond motifs is 6. The van der Waals surface area contributed by atoms with Gasteiger partial charge in [-0.15, -0.1) is 23.2 Å². The van der Waals surface area contributed by atoms with E-state index in [1.54, 1.807) is 6.07 Å². The predicted molar refractivity (Wildman–Crippen MR) is 180 cm³/mol. The van der Waals surface area contributed by atoms with E-state index in [-0.39, 0.29) is 22.5 Å². The van der Waals surface area contributed by atoms with Crippen LogP contribution >= 0.6 is 32.2 Å². The first kappa shape index (κ1) is 30.9. The number of carbonyl (C=O) groups is 2. The Hall–Kier alpha value is -3.09. The first-order valence-corrected chi connectivity index (χ1v) is 16.8. The summed E-state index contributed by atoms with van der Waals surface area (Å²) in [4.78, 5) is 37.1. The summed E-state index contributed by atoms with van der Waals surface area (Å²) >= 11 is 10.7. The zero-order chi connectivity index (χ0) is 31.2. The van der Waals surface area contributed by atoms with Crippen molar-refractivity contribution in [2.75, 3.05) is 42.2 Å². The average molecular weight is 654 g/mol. The van der Waals surface area contributed by atoms with Crippen molar-refractivity contribution in [2.45, 2.75) is 31.6 Å². The lowest BCUT2D eigenvalue weighted by Gasteiger charge is -2.67. The van der Waals surface area contributed by atoms with Gasteiger partial charge in [0.25, 0.3) is 0 Å². The number of aldehydes is 1. The third-order valence-electron chi connectivity index (χ3n) is 9.69. The summed E-state index contributed by atoms with van der Waals surface area (Å²) in [7, 11) is 1.52. The van der Waals surface area contributed by atoms with Crippen LogP contribution < -0.4 is 14.3 Å². The zero-order valence-electron chi connectivity index (χ0n) is 24.6. The number of rotatable bonds is 5. The molecule has 2 atom stereocenters. The van der Waals surface area contributed by atoms with Crippen LogP contribution in [0.1, 0.15) is 36.3 Å². The second-order valence-corrected chi connectivity index (χ2v) is 12.9. The van der Waals surface area contributed by atoms with Crippen molar-refractivity contribution in [3.8, 4) is 11.5 Å². The number of likely N-dealkylation sites (N-methyl/N-ethyl adjacent to an activating group) is 1. The number of anilines is 2. The second kappa shape index (κ2) is 12.0. The highest BCUT2D eigenvalue weighted by Gasteiger charge is 2.72. The van der Waals surface area contributed by atoms with E-state index in [4.69, 9.17) is 21.0 Å². The van der Waals surface area contributed by atoms with Crippen molar-refractivity contribution < 1.29 is 24.1 Å². The van der Waals surface area contributed by atoms with Crippen molar-refractivity contribution in [3.63, 3.8) is 0 Å². The maximum absolute atomic E-state index is 13.0. The number of benzene rings is 4. The normalized spacial score (nSPS) is 24.1. The number of nitrogens with zero attached hydrogens (tertiary/aromatic N) is 2. The SMILES string of the molecule is CCl.CN1CC(CCl)c2c1cc(OPO)c1ccccc21.O=CC12CC(C(=O)N3CCc4c3cc(O)c3ccccc43)(C1)C2. The Labute approximate surface area is 268 Å². The van der Waals surface area contributed by atoms with Gasteiger partial charge in [-0.2, -0.15) is 0 Å². The minimum Gasteiger partial charge on any atom is -0.507 e. The van der Waals surface area contributed by atoms with E-state index in [0.717, 1.165) is 58.1 Å². The van der Waals surface area contributed by atoms with E-state index in [1.807, 2.05) is 53.4 Å². The minimum absolute atomic E-state index is 0.134. The van der Waals surface area contributed by atoms with Gasteiger partial charge in [-0.25, -0.2) is 0 Å². The topological polar surface area (TPSA) is 90.3 Å². The van der Waals surface area contributed by atoms with Crippen LogP contribution in [0.2, 0.25) is 0 Å². The van der Waals surface area contributed by atoms with Crippen molar-refractivity contribution in [2.24, 2.45) is 10.8 Å². The summed E-state index contributed by atoms with van der Waals surface area (Å²) in [5.41, 5.74) is 3.91. The first-order chi connectivity index (χ1) is 21.3. The molecule has 4 aromatic carbocycles. The Kier molecular flexibility index (Phi) is 8.44. The number of alkyl halides is 2. The molecular weight excluding hydrogens is 618 g/mol. The fraction of sp³-hybridized carbons (Fsp3) is 0.353. The van der Waals surface area contributed by atoms with Gasteiger partial charge in [-0.05, 0) is 47.6 Å². The van der Waals surface area contributed by atoms with Crippen LogP contribution in [0.3, 0.4) is 0 Å². The number of phenolic OH excluding ortho intramolecular Hbond substituents is 1. The summed E-state index contributed by atoms with van der Waals surface area (Å²) < 4.78 is 5.39. The van der Waals surface area contributed by atoms with Crippen molar-refractivity contribution in [1.29, 1.82) is 0 Å². The van der Waals surface area contributed by atoms with E-state index < -0.39 is 9.03 Å². The molecule has 10 heteroatoms. The number of hydrogen-bond acceptors (Lipinski definition) is 6. The fourth-order valence-electron chi connectivity index (χ4n) is 7.84. The molecule has 2 bridgehead atoms. The first-order valence-electron chi connectivity index (χ1n) is 14.6. The quantitative estimate of drug-likeness (QED) is 0.135. The van der Waals surface area contributed by atoms with Gasteiger partial charge in [0.15, 0.2) is 0 Å². The summed E-state index contributed by atoms with van der Waals surface area (Å²) in [6.45, 7) is 1.59. The number of amides is 1. The van der Waals surface area contributed by atoms with E-state index in [0.29, 0.717) is 37.6 Å². The zero-order valence-corrected chi connectivity index (χ0v) is 27.2. The van der Waals surface area contributed by atoms with Crippen LogP contribution in [0.15, 0.2) is 60.7 Å². The lowest BCUT2D eigenvalue weighted by molar-refractivity contribution is -0.197. The molecule has 2 unspecified atom stereocenters. The van der Waals surface area contributed by atoms with Crippen LogP contribution in [-0.4, -0.2) is 54.6 Å². The lowest BCUT2D eigenvalue weighted by atomic mass is 9.35. The van der Waals surface area contributed by atoms with Gasteiger partial charge in [-0.3, -0.25) is 4.79 Å². The molecule has 3 fully saturated rings. The Balaban J connectivity index is 0.000000150. The Bertz CT molecular complexity index is 1750. The molecular formula is C34H35Cl2N2O5P. The van der Waals surface area contributed by atoms with Gasteiger partial charge in [0.2, 0.25) is 14.9 Å². The van der Waals surface area contributed by atoms with Crippen LogP contribution in [0.4, 0.5) is 11.4 Å². The van der Waals surface area contributed by atoms with Gasteiger partial charge in [0.05, 0.1) is 11.1 Å². The number of halogens is 2. The molecule has 7 nitrogen and oxygen atoms in total. The molecule has 0 radical (unpaired) electrons. The molecule has 0 spiro atoms. The van der Waals surface area contributed by atoms with Gasteiger partial charge in [-0.1, -0.05) is 48.5 Å². The molecule has 44 heavy (non-hydrogen) atoms. The minimum atomic E-state index is -0.545. The standard InChI is InChI=1S/C19H17NO3.C14H15ClNO2P.CH3Cl/c21-11-18-8-19(9-18,10-18)17(23)20-6-5-13-12-3-1-2-4-14(12)16(22)7-15(13)20;1-16-8-9(7-15)14-11-5-3-2-4-10(11)13(18-19-17)6-12(14)16;1-2/h1-4,7,11,22H,5-6,8-10H2;2-6,9,17,19H,7-8H2,1H3;1H3. The maximum Gasteiger partial charge on any atom is 0.233 e. The van der Waals surface area contributed by atoms with Gasteiger partial charge >= 0.3 is 0 Å². The largest absolute Gasteiger partial charge is 0.507 e. The smallest absolute Gasteiger partial charge is 0.233 e. The van der Waals surface area contributed by atoms with Crippen molar-refractivity contribution in [1.82, 2.24) is 0 Å². The summed E-state index contributed by atoms with van der Waals surface area (Å²) in [6, 6.07) is 19.6. The molecule has 2 aliphatic heterocycles. The summed E-state index contributed by atoms with van der Waals surface area (Å²) in [5.74, 6) is 2.05. The highest BCUT2D eigenvalue weighted by Crippen LogP contribution is 2.73. The molecule has 230 valence electrons. The van der Waals surface area contributed by atoms with E-state index in [9.17, 15) is 14.7 Å². The fourth-order valence-corrected chi connectivity index (χ4v) is 8.36. The Morgan fingerprint density at radius 1 is 1.02 bits per heavy atom. The monoisotopic (exact) mass is 652 g/mol. The molecule has 0 saturated heterocycles. The maximum atomic E-state index is 13.0. The van der Waals surface area contributed by atoms with Gasteiger partial charge in [0.1, 0.15) is 17.8 Å². The third-order valence-corrected chi connectivity index (χ3v) is 10.4. The lowest BCUT2D eigenvalue weighted by Crippen LogP contribution is -2.68. The molecule has 3 aliphatic carbocycles. The third kappa shape index (κ3) is 4.80. The van der Waals surface area contributed by atoms with Gasteiger partial charge < -0.3 is 29.1 Å². The Morgan fingerprint density at radius 2 is 1.66 bits per heavy atom. The number of carbonyl (C=O) groups excluding carboxylic acids is 2. The van der Waals surface area contributed by atoms with Crippen LogP contribution in [0, 0.1) is 10.8 Å². The molecule has 4 aromatic rings. The molecule has 3 saturated carbocycles. The van der Waals surface area contributed by atoms with Gasteiger partial charge in [0, 0.05) is 72.3 Å². The number of hydrogen-bond donors (Lipinski definition) is 2. The summed E-state index contributed by atoms with van der Waals surface area (Å²) in [6.07, 6.45) is 5.42. The molecule has 2 heterocycles. The molecule has 2 N–H and O–H groups in total. The van der Waals surface area contributed by atoms with E-state index in [2.05, 4.69) is 29.6 Å². The summed E-state index contributed by atoms with van der Waals surface area (Å²) in [5, 5.41) is 14.4. The van der Waals surface area contributed by atoms with Crippen molar-refractivity contribution in [3.05, 3.63) is 71.8 Å². The van der Waals surface area contributed by atoms with Crippen LogP contribution in [0.5, 0.6) is 11.5 Å².